The molecule has 2 aromatic rings. The van der Waals surface area contributed by atoms with Crippen LogP contribution in [0.4, 0.5) is 13.2 Å². The van der Waals surface area contributed by atoms with E-state index in [1.165, 1.54) is 43.2 Å². The van der Waals surface area contributed by atoms with Crippen molar-refractivity contribution in [2.45, 2.75) is 32.9 Å². The number of ether oxygens (including phenoxy) is 1. The zero-order chi connectivity index (χ0) is 21.7. The molecule has 1 heterocycles. The molecule has 1 aliphatic heterocycles. The van der Waals surface area contributed by atoms with Crippen molar-refractivity contribution >= 4 is 11.9 Å². The first-order chi connectivity index (χ1) is 14.3. The number of nitrogens with zero attached hydrogens (tertiary/aromatic N) is 1. The second-order valence-corrected chi connectivity index (χ2v) is 7.62. The summed E-state index contributed by atoms with van der Waals surface area (Å²) in [4.78, 5) is 14.9. The highest BCUT2D eigenvalue weighted by Gasteiger charge is 2.32. The van der Waals surface area contributed by atoms with Crippen molar-refractivity contribution < 1.29 is 22.7 Å². The second-order valence-electron chi connectivity index (χ2n) is 7.62. The Bertz CT molecular complexity index is 905. The molecular formula is C24H26F3NO2. The number of allylic oxidation sites excluding steroid dienone is 1. The van der Waals surface area contributed by atoms with Crippen LogP contribution in [0.15, 0.2) is 42.5 Å². The summed E-state index contributed by atoms with van der Waals surface area (Å²) < 4.78 is 45.3. The number of ketones is 1. The molecule has 1 saturated heterocycles. The number of carbonyl (C=O) groups is 1. The van der Waals surface area contributed by atoms with E-state index in [9.17, 15) is 18.0 Å². The predicted octanol–water partition coefficient (Wildman–Crippen LogP) is 5.69. The van der Waals surface area contributed by atoms with E-state index in [1.807, 2.05) is 13.8 Å². The molecule has 6 heteroatoms. The molecule has 160 valence electrons. The van der Waals surface area contributed by atoms with E-state index in [0.29, 0.717) is 12.2 Å². The van der Waals surface area contributed by atoms with Gasteiger partial charge in [-0.3, -0.25) is 9.69 Å². The first-order valence-electron chi connectivity index (χ1n) is 10.1. The average molecular weight is 417 g/mol. The standard InChI is InChI=1S/C24H26F3NO2/c1-17-15-20(16-18(2)23(17)30-14-13-28-11-5-6-12-28)22(29)10-9-19-7-3-4-8-21(19)24(25,26)27/h3-4,7-10,15-16H,5-6,11-14H2,1-2H3/b10-9+. The maximum absolute atomic E-state index is 13.1. The monoisotopic (exact) mass is 417 g/mol. The van der Waals surface area contributed by atoms with Crippen molar-refractivity contribution in [3.63, 3.8) is 0 Å². The number of alkyl halides is 3. The van der Waals surface area contributed by atoms with Gasteiger partial charge in [-0.15, -0.1) is 0 Å². The summed E-state index contributed by atoms with van der Waals surface area (Å²) >= 11 is 0. The van der Waals surface area contributed by atoms with Crippen LogP contribution in [-0.4, -0.2) is 36.9 Å². The normalized spacial score (nSPS) is 15.1. The molecule has 0 saturated carbocycles. The highest BCUT2D eigenvalue weighted by molar-refractivity contribution is 6.07. The highest BCUT2D eigenvalue weighted by atomic mass is 19.4. The van der Waals surface area contributed by atoms with Crippen molar-refractivity contribution in [1.29, 1.82) is 0 Å². The van der Waals surface area contributed by atoms with Crippen LogP contribution in [0.3, 0.4) is 0 Å². The van der Waals surface area contributed by atoms with Gasteiger partial charge >= 0.3 is 6.18 Å². The molecule has 0 amide bonds. The first kappa shape index (κ1) is 22.1. The van der Waals surface area contributed by atoms with Crippen LogP contribution in [0.2, 0.25) is 0 Å². The van der Waals surface area contributed by atoms with Gasteiger partial charge in [-0.1, -0.05) is 24.3 Å². The molecule has 3 rings (SSSR count). The lowest BCUT2D eigenvalue weighted by molar-refractivity contribution is -0.137. The van der Waals surface area contributed by atoms with Crippen molar-refractivity contribution in [3.8, 4) is 5.75 Å². The molecule has 0 aliphatic carbocycles. The van der Waals surface area contributed by atoms with Gasteiger partial charge in [-0.2, -0.15) is 13.2 Å². The fraction of sp³-hybridized carbons (Fsp3) is 0.375. The summed E-state index contributed by atoms with van der Waals surface area (Å²) in [5, 5.41) is 0. The van der Waals surface area contributed by atoms with E-state index in [0.717, 1.165) is 42.6 Å². The van der Waals surface area contributed by atoms with Crippen LogP contribution in [0.25, 0.3) is 6.08 Å². The van der Waals surface area contributed by atoms with Crippen LogP contribution >= 0.6 is 0 Å². The molecule has 0 bridgehead atoms. The molecule has 0 unspecified atom stereocenters. The van der Waals surface area contributed by atoms with Crippen LogP contribution in [0, 0.1) is 13.8 Å². The Morgan fingerprint density at radius 1 is 1.10 bits per heavy atom. The van der Waals surface area contributed by atoms with Gasteiger partial charge in [-0.25, -0.2) is 0 Å². The molecule has 30 heavy (non-hydrogen) atoms. The molecule has 3 nitrogen and oxygen atoms in total. The van der Waals surface area contributed by atoms with Gasteiger partial charge in [0.05, 0.1) is 5.56 Å². The van der Waals surface area contributed by atoms with Crippen molar-refractivity contribution in [2.75, 3.05) is 26.2 Å². The largest absolute Gasteiger partial charge is 0.492 e. The number of hydrogen-bond acceptors (Lipinski definition) is 3. The Balaban J connectivity index is 1.70. The molecule has 1 aliphatic rings. The molecule has 0 spiro atoms. The molecule has 2 aromatic carbocycles. The van der Waals surface area contributed by atoms with Gasteiger partial charge in [0, 0.05) is 12.1 Å². The maximum atomic E-state index is 13.1. The van der Waals surface area contributed by atoms with Gasteiger partial charge in [0.1, 0.15) is 12.4 Å². The van der Waals surface area contributed by atoms with E-state index in [4.69, 9.17) is 4.74 Å². The number of aryl methyl sites for hydroxylation is 2. The number of benzene rings is 2. The van der Waals surface area contributed by atoms with Crippen LogP contribution in [0.5, 0.6) is 5.75 Å². The third kappa shape index (κ3) is 5.51. The fourth-order valence-corrected chi connectivity index (χ4v) is 3.77. The van der Waals surface area contributed by atoms with Crippen molar-refractivity contribution in [1.82, 2.24) is 4.90 Å². The summed E-state index contributed by atoms with van der Waals surface area (Å²) in [6, 6.07) is 8.65. The lowest BCUT2D eigenvalue weighted by Crippen LogP contribution is -2.25. The zero-order valence-corrected chi connectivity index (χ0v) is 17.3. The maximum Gasteiger partial charge on any atom is 0.416 e. The smallest absolute Gasteiger partial charge is 0.416 e. The van der Waals surface area contributed by atoms with Crippen LogP contribution in [-0.2, 0) is 6.18 Å². The minimum absolute atomic E-state index is 0.0336. The summed E-state index contributed by atoms with van der Waals surface area (Å²) in [7, 11) is 0. The summed E-state index contributed by atoms with van der Waals surface area (Å²) in [5.41, 5.74) is 1.31. The molecule has 0 atom stereocenters. The quantitative estimate of drug-likeness (QED) is 0.428. The van der Waals surface area contributed by atoms with Crippen molar-refractivity contribution in [2.24, 2.45) is 0 Å². The Morgan fingerprint density at radius 3 is 2.37 bits per heavy atom. The number of rotatable bonds is 7. The fourth-order valence-electron chi connectivity index (χ4n) is 3.77. The van der Waals surface area contributed by atoms with Gasteiger partial charge in [0.25, 0.3) is 0 Å². The third-order valence-electron chi connectivity index (χ3n) is 5.28. The lowest BCUT2D eigenvalue weighted by atomic mass is 10.0. The van der Waals surface area contributed by atoms with E-state index in [2.05, 4.69) is 4.90 Å². The van der Waals surface area contributed by atoms with Gasteiger partial charge in [0.15, 0.2) is 5.78 Å². The molecule has 0 N–H and O–H groups in total. The third-order valence-corrected chi connectivity index (χ3v) is 5.28. The van der Waals surface area contributed by atoms with Crippen LogP contribution in [0.1, 0.15) is 45.5 Å². The van der Waals surface area contributed by atoms with Gasteiger partial charge < -0.3 is 4.74 Å². The SMILES string of the molecule is Cc1cc(C(=O)/C=C/c2ccccc2C(F)(F)F)cc(C)c1OCCN1CCCC1. The Labute approximate surface area is 175 Å². The zero-order valence-electron chi connectivity index (χ0n) is 17.3. The molecule has 1 fully saturated rings. The summed E-state index contributed by atoms with van der Waals surface area (Å²) in [6.07, 6.45) is 0.403. The minimum atomic E-state index is -4.47. The topological polar surface area (TPSA) is 29.5 Å². The molecule has 0 radical (unpaired) electrons. The number of hydrogen-bond donors (Lipinski definition) is 0. The van der Waals surface area contributed by atoms with Gasteiger partial charge in [0.2, 0.25) is 0 Å². The van der Waals surface area contributed by atoms with Gasteiger partial charge in [-0.05, 0) is 80.7 Å². The van der Waals surface area contributed by atoms with Crippen molar-refractivity contribution in [3.05, 3.63) is 70.3 Å². The lowest BCUT2D eigenvalue weighted by Gasteiger charge is -2.17. The Kier molecular flexibility index (Phi) is 6.98. The second kappa shape index (κ2) is 9.47. The Morgan fingerprint density at radius 2 is 1.73 bits per heavy atom. The van der Waals surface area contributed by atoms with E-state index >= 15 is 0 Å². The predicted molar refractivity (Wildman–Crippen MR) is 112 cm³/mol. The molecular weight excluding hydrogens is 391 g/mol. The highest BCUT2D eigenvalue weighted by Crippen LogP contribution is 2.32. The number of likely N-dealkylation sites (tertiary alicyclic amines) is 1. The number of halogens is 3. The Hall–Kier alpha value is -2.60. The summed E-state index contributed by atoms with van der Waals surface area (Å²) in [6.45, 7) is 7.43. The average Bonchev–Trinajstić information content (AvgIpc) is 3.21. The number of carbonyl (C=O) groups excluding carboxylic acids is 1. The molecule has 0 aromatic heterocycles. The minimum Gasteiger partial charge on any atom is -0.492 e. The van der Waals surface area contributed by atoms with E-state index in [1.54, 1.807) is 12.1 Å². The summed E-state index contributed by atoms with van der Waals surface area (Å²) in [5.74, 6) is 0.416. The first-order valence-corrected chi connectivity index (χ1v) is 10.1. The van der Waals surface area contributed by atoms with Crippen LogP contribution < -0.4 is 4.74 Å². The van der Waals surface area contributed by atoms with E-state index < -0.39 is 11.7 Å². The van der Waals surface area contributed by atoms with E-state index in [-0.39, 0.29) is 11.3 Å².